The van der Waals surface area contributed by atoms with E-state index in [1.165, 1.54) is 5.19 Å². The minimum Gasteiger partial charge on any atom is -0.443 e. The van der Waals surface area contributed by atoms with Crippen LogP contribution >= 0.6 is 0 Å². The SMILES string of the molecule is CC1(C)CCN(c2ccc([Si](C)(C)C)cn2)C(=O)O1. The highest BCUT2D eigenvalue weighted by atomic mass is 28.3. The number of cyclic esters (lactones) is 1. The lowest BCUT2D eigenvalue weighted by Crippen LogP contribution is -2.47. The summed E-state index contributed by atoms with van der Waals surface area (Å²) in [4.78, 5) is 18.0. The molecule has 1 aliphatic heterocycles. The maximum atomic E-state index is 12.0. The molecule has 0 saturated carbocycles. The molecule has 19 heavy (non-hydrogen) atoms. The van der Waals surface area contributed by atoms with E-state index in [4.69, 9.17) is 4.74 Å². The van der Waals surface area contributed by atoms with Crippen LogP contribution in [0.5, 0.6) is 0 Å². The second-order valence-corrected chi connectivity index (χ2v) is 11.8. The third-order valence-electron chi connectivity index (χ3n) is 3.41. The predicted octanol–water partition coefficient (Wildman–Crippen LogP) is 2.75. The molecule has 0 bridgehead atoms. The minimum absolute atomic E-state index is 0.301. The Labute approximate surface area is 115 Å². The third-order valence-corrected chi connectivity index (χ3v) is 5.44. The van der Waals surface area contributed by atoms with Gasteiger partial charge in [-0.05, 0) is 25.1 Å². The Kier molecular flexibility index (Phi) is 3.43. The van der Waals surface area contributed by atoms with Crippen molar-refractivity contribution in [2.24, 2.45) is 0 Å². The Hall–Kier alpha value is -1.36. The Morgan fingerprint density at radius 1 is 1.32 bits per heavy atom. The van der Waals surface area contributed by atoms with Gasteiger partial charge in [-0.1, -0.05) is 25.7 Å². The number of rotatable bonds is 2. The van der Waals surface area contributed by atoms with E-state index in [-0.39, 0.29) is 11.7 Å². The summed E-state index contributed by atoms with van der Waals surface area (Å²) in [6.07, 6.45) is 2.41. The summed E-state index contributed by atoms with van der Waals surface area (Å²) >= 11 is 0. The van der Waals surface area contributed by atoms with Crippen LogP contribution in [0.2, 0.25) is 19.6 Å². The highest BCUT2D eigenvalue weighted by Gasteiger charge is 2.34. The first-order valence-electron chi connectivity index (χ1n) is 6.66. The summed E-state index contributed by atoms with van der Waals surface area (Å²) in [6, 6.07) is 4.01. The van der Waals surface area contributed by atoms with Crippen molar-refractivity contribution in [2.45, 2.75) is 45.5 Å². The molecule has 0 radical (unpaired) electrons. The summed E-state index contributed by atoms with van der Waals surface area (Å²) in [7, 11) is -1.34. The van der Waals surface area contributed by atoms with Crippen LogP contribution in [0.25, 0.3) is 0 Å². The zero-order valence-electron chi connectivity index (χ0n) is 12.4. The van der Waals surface area contributed by atoms with Crippen molar-refractivity contribution in [1.82, 2.24) is 4.98 Å². The normalized spacial score (nSPS) is 19.2. The molecule has 0 unspecified atom stereocenters. The zero-order chi connectivity index (χ0) is 14.3. The van der Waals surface area contributed by atoms with Gasteiger partial charge in [0.1, 0.15) is 11.4 Å². The van der Waals surface area contributed by atoms with E-state index in [0.29, 0.717) is 12.4 Å². The number of carbonyl (C=O) groups is 1. The number of amides is 1. The largest absolute Gasteiger partial charge is 0.443 e. The van der Waals surface area contributed by atoms with Gasteiger partial charge in [0.2, 0.25) is 0 Å². The maximum Gasteiger partial charge on any atom is 0.416 e. The van der Waals surface area contributed by atoms with Crippen LogP contribution in [-0.2, 0) is 4.74 Å². The molecular formula is C14H22N2O2Si. The standard InChI is InChI=1S/C14H22N2O2Si/c1-14(2)8-9-16(13(17)18-14)12-7-6-11(10-15-12)19(3,4)5/h6-7,10H,8-9H2,1-5H3. The maximum absolute atomic E-state index is 12.0. The molecular weight excluding hydrogens is 256 g/mol. The number of aromatic nitrogens is 1. The van der Waals surface area contributed by atoms with Crippen LogP contribution in [0.3, 0.4) is 0 Å². The van der Waals surface area contributed by atoms with Gasteiger partial charge in [-0.15, -0.1) is 0 Å². The van der Waals surface area contributed by atoms with Crippen molar-refractivity contribution < 1.29 is 9.53 Å². The van der Waals surface area contributed by atoms with E-state index in [2.05, 4.69) is 30.7 Å². The van der Waals surface area contributed by atoms with E-state index in [1.807, 2.05) is 26.1 Å². The Balaban J connectivity index is 2.18. The van der Waals surface area contributed by atoms with Crippen molar-refractivity contribution in [3.63, 3.8) is 0 Å². The Morgan fingerprint density at radius 3 is 2.47 bits per heavy atom. The van der Waals surface area contributed by atoms with Crippen LogP contribution < -0.4 is 10.1 Å². The molecule has 1 aromatic rings. The molecule has 2 heterocycles. The molecule has 1 aromatic heterocycles. The summed E-state index contributed by atoms with van der Waals surface area (Å²) in [5, 5.41) is 1.29. The fourth-order valence-electron chi connectivity index (χ4n) is 2.01. The average molecular weight is 278 g/mol. The highest BCUT2D eigenvalue weighted by molar-refractivity contribution is 6.88. The van der Waals surface area contributed by atoms with Gasteiger partial charge in [0.05, 0.1) is 8.07 Å². The highest BCUT2D eigenvalue weighted by Crippen LogP contribution is 2.25. The van der Waals surface area contributed by atoms with E-state index >= 15 is 0 Å². The number of ether oxygens (including phenoxy) is 1. The number of hydrogen-bond acceptors (Lipinski definition) is 3. The van der Waals surface area contributed by atoms with Crippen molar-refractivity contribution in [3.05, 3.63) is 18.3 Å². The molecule has 2 rings (SSSR count). The predicted molar refractivity (Wildman–Crippen MR) is 79.7 cm³/mol. The zero-order valence-corrected chi connectivity index (χ0v) is 13.4. The van der Waals surface area contributed by atoms with Crippen LogP contribution in [0, 0.1) is 0 Å². The first kappa shape index (κ1) is 14.1. The number of nitrogens with zero attached hydrogens (tertiary/aromatic N) is 2. The monoisotopic (exact) mass is 278 g/mol. The molecule has 0 aromatic carbocycles. The van der Waals surface area contributed by atoms with Crippen molar-refractivity contribution in [2.75, 3.05) is 11.4 Å². The summed E-state index contributed by atoms with van der Waals surface area (Å²) < 4.78 is 5.39. The molecule has 104 valence electrons. The van der Waals surface area contributed by atoms with Crippen molar-refractivity contribution in [1.29, 1.82) is 0 Å². The van der Waals surface area contributed by atoms with Gasteiger partial charge >= 0.3 is 6.09 Å². The van der Waals surface area contributed by atoms with Gasteiger partial charge < -0.3 is 4.74 Å². The number of anilines is 1. The first-order valence-corrected chi connectivity index (χ1v) is 10.2. The van der Waals surface area contributed by atoms with Gasteiger partial charge in [0.15, 0.2) is 0 Å². The molecule has 0 atom stereocenters. The van der Waals surface area contributed by atoms with E-state index in [1.54, 1.807) is 4.90 Å². The molecule has 0 N–H and O–H groups in total. The van der Waals surface area contributed by atoms with Crippen LogP contribution in [0.4, 0.5) is 10.6 Å². The topological polar surface area (TPSA) is 42.4 Å². The number of pyridine rings is 1. The van der Waals surface area contributed by atoms with Crippen LogP contribution in [0.15, 0.2) is 18.3 Å². The van der Waals surface area contributed by atoms with Gasteiger partial charge in [-0.3, -0.25) is 4.90 Å². The van der Waals surface area contributed by atoms with Gasteiger partial charge in [0.25, 0.3) is 0 Å². The van der Waals surface area contributed by atoms with Crippen LogP contribution in [0.1, 0.15) is 20.3 Å². The third kappa shape index (κ3) is 3.15. The number of carbonyl (C=O) groups excluding carboxylic acids is 1. The lowest BCUT2D eigenvalue weighted by molar-refractivity contribution is 0.0234. The molecule has 1 saturated heterocycles. The molecule has 0 spiro atoms. The Morgan fingerprint density at radius 2 is 2.00 bits per heavy atom. The lowest BCUT2D eigenvalue weighted by atomic mass is 10.0. The van der Waals surface area contributed by atoms with Gasteiger partial charge in [0, 0.05) is 19.2 Å². The molecule has 1 aliphatic rings. The van der Waals surface area contributed by atoms with Crippen LogP contribution in [-0.4, -0.2) is 31.3 Å². The Bertz CT molecular complexity index is 477. The van der Waals surface area contributed by atoms with Gasteiger partial charge in [-0.2, -0.15) is 0 Å². The molecule has 1 amide bonds. The van der Waals surface area contributed by atoms with E-state index in [0.717, 1.165) is 6.42 Å². The first-order chi connectivity index (χ1) is 8.69. The summed E-state index contributed by atoms with van der Waals surface area (Å²) in [5.74, 6) is 0.683. The smallest absolute Gasteiger partial charge is 0.416 e. The molecule has 4 nitrogen and oxygen atoms in total. The fourth-order valence-corrected chi connectivity index (χ4v) is 3.05. The fraction of sp³-hybridized carbons (Fsp3) is 0.571. The molecule has 1 fully saturated rings. The van der Waals surface area contributed by atoms with E-state index in [9.17, 15) is 4.79 Å². The molecule has 0 aliphatic carbocycles. The second-order valence-electron chi connectivity index (χ2n) is 6.68. The summed E-state index contributed by atoms with van der Waals surface area (Å²) in [6.45, 7) is 11.4. The van der Waals surface area contributed by atoms with Gasteiger partial charge in [-0.25, -0.2) is 9.78 Å². The quantitative estimate of drug-likeness (QED) is 0.781. The van der Waals surface area contributed by atoms with Crippen molar-refractivity contribution >= 4 is 25.2 Å². The number of hydrogen-bond donors (Lipinski definition) is 0. The molecule has 5 heteroatoms. The second kappa shape index (κ2) is 4.63. The van der Waals surface area contributed by atoms with Crippen molar-refractivity contribution in [3.8, 4) is 0 Å². The lowest BCUT2D eigenvalue weighted by Gasteiger charge is -2.36. The summed E-state index contributed by atoms with van der Waals surface area (Å²) in [5.41, 5.74) is -0.369. The average Bonchev–Trinajstić information content (AvgIpc) is 2.27. The minimum atomic E-state index is -1.34. The van der Waals surface area contributed by atoms with E-state index < -0.39 is 8.07 Å².